The van der Waals surface area contributed by atoms with Crippen molar-refractivity contribution in [3.63, 3.8) is 0 Å². The van der Waals surface area contributed by atoms with Crippen LogP contribution in [0.5, 0.6) is 0 Å². The largest absolute Gasteiger partial charge is 0.469 e. The summed E-state index contributed by atoms with van der Waals surface area (Å²) in [6.07, 6.45) is 45.8. The molecule has 4 N–H and O–H groups in total. The van der Waals surface area contributed by atoms with E-state index in [1.54, 1.807) is 0 Å². The van der Waals surface area contributed by atoms with E-state index < -0.39 is 51.3 Å². The Bertz CT molecular complexity index is 1260. The lowest BCUT2D eigenvalue weighted by atomic mass is 10.0. The number of aliphatic hydroxyl groups excluding tert-OH is 2. The van der Waals surface area contributed by atoms with Gasteiger partial charge in [0.15, 0.2) is 6.10 Å². The molecule has 2 unspecified atom stereocenters. The van der Waals surface area contributed by atoms with E-state index >= 15 is 0 Å². The second-order valence-corrected chi connectivity index (χ2v) is 14.8. The maximum Gasteiger partial charge on any atom is 0.469 e. The van der Waals surface area contributed by atoms with Crippen LogP contribution in [0, 0.1) is 0 Å². The van der Waals surface area contributed by atoms with Gasteiger partial charge in [-0.05, 0) is 96.3 Å². The van der Waals surface area contributed by atoms with Gasteiger partial charge in [-0.1, -0.05) is 130 Å². The molecule has 0 aliphatic rings. The Morgan fingerprint density at radius 1 is 0.554 bits per heavy atom. The number of carbonyl (C=O) groups is 2. The van der Waals surface area contributed by atoms with Gasteiger partial charge in [0.2, 0.25) is 0 Å². The van der Waals surface area contributed by atoms with E-state index in [4.69, 9.17) is 19.3 Å². The molecule has 3 atom stereocenters. The number of rotatable bonds is 36. The van der Waals surface area contributed by atoms with Crippen LogP contribution in [0.1, 0.15) is 142 Å². The number of hydrogen-bond acceptors (Lipinski definition) is 8. The van der Waals surface area contributed by atoms with Crippen molar-refractivity contribution in [3.8, 4) is 0 Å². The van der Waals surface area contributed by atoms with Gasteiger partial charge in [-0.25, -0.2) is 4.57 Å². The molecule has 0 aromatic rings. The van der Waals surface area contributed by atoms with Crippen LogP contribution in [-0.4, -0.2) is 63.5 Å². The first kappa shape index (κ1) is 52.9. The fourth-order valence-corrected chi connectivity index (χ4v) is 5.45. The zero-order valence-corrected chi connectivity index (χ0v) is 35.1. The van der Waals surface area contributed by atoms with Gasteiger partial charge in [0.1, 0.15) is 6.61 Å². The van der Waals surface area contributed by atoms with Crippen LogP contribution in [0.2, 0.25) is 0 Å². The molecule has 318 valence electrons. The van der Waals surface area contributed by atoms with E-state index in [0.717, 1.165) is 70.6 Å². The second kappa shape index (κ2) is 38.7. The number of esters is 2. The van der Waals surface area contributed by atoms with E-state index in [1.165, 1.54) is 19.3 Å². The summed E-state index contributed by atoms with van der Waals surface area (Å²) in [5.74, 6) is -1.22. The molecule has 0 amide bonds. The number of ether oxygens (including phenoxy) is 2. The zero-order valence-electron chi connectivity index (χ0n) is 34.2. The summed E-state index contributed by atoms with van der Waals surface area (Å²) in [6.45, 7) is 3.25. The van der Waals surface area contributed by atoms with Gasteiger partial charge >= 0.3 is 19.8 Å². The summed E-state index contributed by atoms with van der Waals surface area (Å²) in [7, 11) is -4.85. The third-order valence-corrected chi connectivity index (χ3v) is 8.77. The average molecular weight is 805 g/mol. The number of phosphoric acid groups is 1. The van der Waals surface area contributed by atoms with Crippen molar-refractivity contribution in [2.45, 2.75) is 161 Å². The molecule has 0 saturated carbocycles. The van der Waals surface area contributed by atoms with Gasteiger partial charge in [-0.3, -0.25) is 14.1 Å². The molecule has 0 fully saturated rings. The van der Waals surface area contributed by atoms with Crippen molar-refractivity contribution in [2.24, 2.45) is 0 Å². The van der Waals surface area contributed by atoms with Crippen molar-refractivity contribution in [2.75, 3.05) is 13.2 Å². The number of unbranched alkanes of at least 4 members (excludes halogenated alkanes) is 6. The molecule has 0 rings (SSSR count). The molecule has 0 aromatic carbocycles. The summed E-state index contributed by atoms with van der Waals surface area (Å²) in [4.78, 5) is 42.9. The highest BCUT2D eigenvalue weighted by molar-refractivity contribution is 7.46. The first-order valence-electron chi connectivity index (χ1n) is 20.7. The van der Waals surface area contributed by atoms with Crippen molar-refractivity contribution in [3.05, 3.63) is 97.2 Å². The van der Waals surface area contributed by atoms with Gasteiger partial charge in [0.25, 0.3) is 0 Å². The molecular formula is C45H73O10P. The van der Waals surface area contributed by atoms with Gasteiger partial charge in [0, 0.05) is 12.8 Å². The van der Waals surface area contributed by atoms with E-state index in [2.05, 4.69) is 103 Å². The van der Waals surface area contributed by atoms with Crippen LogP contribution in [0.25, 0.3) is 0 Å². The zero-order chi connectivity index (χ0) is 41.4. The number of phosphoric ester groups is 1. The first-order chi connectivity index (χ1) is 27.1. The quantitative estimate of drug-likeness (QED) is 0.0208. The normalized spacial score (nSPS) is 14.6. The Morgan fingerprint density at radius 2 is 1.04 bits per heavy atom. The maximum absolute atomic E-state index is 12.4. The van der Waals surface area contributed by atoms with Crippen LogP contribution >= 0.6 is 7.82 Å². The van der Waals surface area contributed by atoms with Crippen molar-refractivity contribution in [1.29, 1.82) is 0 Å². The molecular weight excluding hydrogens is 731 g/mol. The van der Waals surface area contributed by atoms with Crippen molar-refractivity contribution in [1.82, 2.24) is 0 Å². The molecule has 56 heavy (non-hydrogen) atoms. The Labute approximate surface area is 338 Å². The molecule has 10 nitrogen and oxygen atoms in total. The van der Waals surface area contributed by atoms with E-state index in [0.29, 0.717) is 6.42 Å². The highest BCUT2D eigenvalue weighted by Gasteiger charge is 2.23. The Hall–Kier alpha value is -3.11. The molecule has 0 spiro atoms. The minimum atomic E-state index is -4.85. The number of allylic oxidation sites excluding steroid dienone is 15. The third-order valence-electron chi connectivity index (χ3n) is 8.29. The summed E-state index contributed by atoms with van der Waals surface area (Å²) in [5, 5.41) is 20.6. The average Bonchev–Trinajstić information content (AvgIpc) is 3.16. The third kappa shape index (κ3) is 39.1. The molecule has 0 saturated heterocycles. The fraction of sp³-hybridized carbons (Fsp3) is 0.600. The molecule has 0 aliphatic heterocycles. The van der Waals surface area contributed by atoms with Crippen LogP contribution in [0.4, 0.5) is 0 Å². The smallest absolute Gasteiger partial charge is 0.462 e. The van der Waals surface area contributed by atoms with Crippen molar-refractivity contribution >= 4 is 19.8 Å². The standard InChI is InChI=1S/C45H73O10P/c1-3-5-7-9-11-13-15-17-18-19-20-21-22-23-25-27-29-31-33-37-44(48)53-39-41(40-54-56(50,51)52)55-45(49)38-34-36-43(47)42(46)35-32-30-28-26-24-16-14-12-10-8-6-4-2/h5,7,11-14,17-18,20-21,23-26,30,32,41-43,46-47H,3-4,6,8-10,15-16,19,22,27-29,31,33-40H2,1-2H3,(H2,50,51,52)/b7-5-,13-11-,14-12-,18-17-,21-20-,25-23-,26-24-,32-30-/t41-,42?,43?/m1/s1. The van der Waals surface area contributed by atoms with Crippen LogP contribution in [0.3, 0.4) is 0 Å². The van der Waals surface area contributed by atoms with Gasteiger partial charge in [-0.2, -0.15) is 0 Å². The Kier molecular flexibility index (Phi) is 36.6. The lowest BCUT2D eigenvalue weighted by Gasteiger charge is -2.19. The van der Waals surface area contributed by atoms with Crippen molar-refractivity contribution < 1.29 is 48.2 Å². The number of carbonyl (C=O) groups excluding carboxylic acids is 2. The first-order valence-corrected chi connectivity index (χ1v) is 22.2. The van der Waals surface area contributed by atoms with Gasteiger partial charge in [0.05, 0.1) is 18.8 Å². The molecule has 11 heteroatoms. The van der Waals surface area contributed by atoms with Gasteiger partial charge in [-0.15, -0.1) is 0 Å². The topological polar surface area (TPSA) is 160 Å². The summed E-state index contributed by atoms with van der Waals surface area (Å²) < 4.78 is 26.2. The van der Waals surface area contributed by atoms with Crippen LogP contribution in [-0.2, 0) is 28.2 Å². The summed E-state index contributed by atoms with van der Waals surface area (Å²) in [5.41, 5.74) is 0. The predicted molar refractivity (Wildman–Crippen MR) is 228 cm³/mol. The Morgan fingerprint density at radius 3 is 1.55 bits per heavy atom. The number of hydrogen-bond donors (Lipinski definition) is 4. The SMILES string of the molecule is CC/C=C\C/C=C\C/C=C\C/C=C\C/C=C\CCCCCC(=O)OC[C@H](COP(=O)(O)O)OC(=O)CCCC(O)C(O)C/C=C\C/C=C\C/C=C\CCCCC. The highest BCUT2D eigenvalue weighted by atomic mass is 31.2. The lowest BCUT2D eigenvalue weighted by molar-refractivity contribution is -0.161. The molecule has 0 aromatic heterocycles. The summed E-state index contributed by atoms with van der Waals surface area (Å²) >= 11 is 0. The lowest BCUT2D eigenvalue weighted by Crippen LogP contribution is -2.30. The highest BCUT2D eigenvalue weighted by Crippen LogP contribution is 2.36. The minimum absolute atomic E-state index is 0.115. The minimum Gasteiger partial charge on any atom is -0.462 e. The Balaban J connectivity index is 4.26. The molecule has 0 heterocycles. The predicted octanol–water partition coefficient (Wildman–Crippen LogP) is 10.6. The monoisotopic (exact) mass is 804 g/mol. The molecule has 0 radical (unpaired) electrons. The van der Waals surface area contributed by atoms with Crippen LogP contribution < -0.4 is 0 Å². The second-order valence-electron chi connectivity index (χ2n) is 13.5. The van der Waals surface area contributed by atoms with E-state index in [9.17, 15) is 24.4 Å². The van der Waals surface area contributed by atoms with Gasteiger partial charge < -0.3 is 29.5 Å². The van der Waals surface area contributed by atoms with E-state index in [-0.39, 0.29) is 32.1 Å². The fourth-order valence-electron chi connectivity index (χ4n) is 5.09. The number of aliphatic hydroxyl groups is 2. The molecule has 0 aliphatic carbocycles. The van der Waals surface area contributed by atoms with Crippen LogP contribution in [0.15, 0.2) is 97.2 Å². The summed E-state index contributed by atoms with van der Waals surface area (Å²) in [6, 6.07) is 0. The maximum atomic E-state index is 12.4. The van der Waals surface area contributed by atoms with E-state index in [1.807, 2.05) is 12.2 Å². The molecule has 0 bridgehead atoms.